The Morgan fingerprint density at radius 1 is 1.30 bits per heavy atom. The molecule has 0 aliphatic heterocycles. The van der Waals surface area contributed by atoms with Crippen LogP contribution in [0.3, 0.4) is 0 Å². The average Bonchev–Trinajstić information content (AvgIpc) is 3.26. The average molecular weight is 272 g/mol. The number of rotatable bonds is 4. The molecule has 0 spiro atoms. The van der Waals surface area contributed by atoms with Crippen molar-refractivity contribution in [2.75, 3.05) is 11.1 Å². The SMILES string of the molecule is Cc1c(N)nc(C2CC2)nc1NCc1ccccc1F. The summed E-state index contributed by atoms with van der Waals surface area (Å²) in [5, 5.41) is 3.16. The second-order valence-electron chi connectivity index (χ2n) is 5.16. The number of nitrogens with zero attached hydrogens (tertiary/aromatic N) is 2. The summed E-state index contributed by atoms with van der Waals surface area (Å²) in [4.78, 5) is 8.84. The molecule has 3 N–H and O–H groups in total. The van der Waals surface area contributed by atoms with Gasteiger partial charge in [0.25, 0.3) is 0 Å². The molecule has 2 aromatic rings. The zero-order valence-electron chi connectivity index (χ0n) is 11.4. The smallest absolute Gasteiger partial charge is 0.136 e. The van der Waals surface area contributed by atoms with Crippen LogP contribution >= 0.6 is 0 Å². The van der Waals surface area contributed by atoms with Gasteiger partial charge < -0.3 is 11.1 Å². The zero-order chi connectivity index (χ0) is 14.1. The van der Waals surface area contributed by atoms with Gasteiger partial charge in [0.1, 0.15) is 23.3 Å². The van der Waals surface area contributed by atoms with Crippen molar-refractivity contribution in [3.8, 4) is 0 Å². The van der Waals surface area contributed by atoms with Crippen LogP contribution in [-0.4, -0.2) is 9.97 Å². The number of nitrogens with two attached hydrogens (primary N) is 1. The molecule has 1 heterocycles. The Bertz CT molecular complexity index is 638. The lowest BCUT2D eigenvalue weighted by Gasteiger charge is -2.12. The monoisotopic (exact) mass is 272 g/mol. The van der Waals surface area contributed by atoms with Gasteiger partial charge in [0.2, 0.25) is 0 Å². The molecule has 1 aromatic carbocycles. The van der Waals surface area contributed by atoms with Crippen LogP contribution in [-0.2, 0) is 6.54 Å². The maximum absolute atomic E-state index is 13.6. The summed E-state index contributed by atoms with van der Waals surface area (Å²) in [6.07, 6.45) is 2.24. The minimum absolute atomic E-state index is 0.220. The summed E-state index contributed by atoms with van der Waals surface area (Å²) in [6.45, 7) is 2.25. The van der Waals surface area contributed by atoms with Gasteiger partial charge in [-0.25, -0.2) is 14.4 Å². The van der Waals surface area contributed by atoms with Crippen LogP contribution in [0.4, 0.5) is 16.0 Å². The Balaban J connectivity index is 1.81. The van der Waals surface area contributed by atoms with Gasteiger partial charge in [0, 0.05) is 23.6 Å². The van der Waals surface area contributed by atoms with Gasteiger partial charge in [-0.3, -0.25) is 0 Å². The highest BCUT2D eigenvalue weighted by atomic mass is 19.1. The first-order chi connectivity index (χ1) is 9.65. The minimum atomic E-state index is -0.220. The number of nitrogens with one attached hydrogen (secondary N) is 1. The number of benzene rings is 1. The van der Waals surface area contributed by atoms with Crippen molar-refractivity contribution in [3.05, 3.63) is 47.0 Å². The fourth-order valence-corrected chi connectivity index (χ4v) is 2.07. The van der Waals surface area contributed by atoms with Gasteiger partial charge >= 0.3 is 0 Å². The fourth-order valence-electron chi connectivity index (χ4n) is 2.07. The van der Waals surface area contributed by atoms with Crippen LogP contribution in [0, 0.1) is 12.7 Å². The molecule has 0 amide bonds. The maximum Gasteiger partial charge on any atom is 0.136 e. The number of nitrogen functional groups attached to an aromatic ring is 1. The summed E-state index contributed by atoms with van der Waals surface area (Å²) in [5.74, 6) is 2.21. The number of hydrogen-bond donors (Lipinski definition) is 2. The van der Waals surface area contributed by atoms with Crippen LogP contribution in [0.15, 0.2) is 24.3 Å². The van der Waals surface area contributed by atoms with Crippen molar-refractivity contribution >= 4 is 11.6 Å². The van der Waals surface area contributed by atoms with Crippen molar-refractivity contribution in [1.29, 1.82) is 0 Å². The number of halogens is 1. The van der Waals surface area contributed by atoms with Crippen molar-refractivity contribution in [1.82, 2.24) is 9.97 Å². The van der Waals surface area contributed by atoms with Crippen molar-refractivity contribution < 1.29 is 4.39 Å². The highest BCUT2D eigenvalue weighted by molar-refractivity contribution is 5.55. The highest BCUT2D eigenvalue weighted by Crippen LogP contribution is 2.39. The lowest BCUT2D eigenvalue weighted by atomic mass is 10.2. The number of anilines is 2. The van der Waals surface area contributed by atoms with E-state index in [-0.39, 0.29) is 5.82 Å². The molecule has 0 unspecified atom stereocenters. The second-order valence-corrected chi connectivity index (χ2v) is 5.16. The topological polar surface area (TPSA) is 63.8 Å². The molecule has 0 bridgehead atoms. The molecular weight excluding hydrogens is 255 g/mol. The van der Waals surface area contributed by atoms with Gasteiger partial charge in [-0.2, -0.15) is 0 Å². The largest absolute Gasteiger partial charge is 0.383 e. The summed E-state index contributed by atoms with van der Waals surface area (Å²) in [5.41, 5.74) is 7.34. The molecule has 0 atom stereocenters. The van der Waals surface area contributed by atoms with E-state index in [9.17, 15) is 4.39 Å². The van der Waals surface area contributed by atoms with Gasteiger partial charge in [-0.1, -0.05) is 18.2 Å². The Hall–Kier alpha value is -2.17. The van der Waals surface area contributed by atoms with E-state index >= 15 is 0 Å². The van der Waals surface area contributed by atoms with Gasteiger partial charge in [0.15, 0.2) is 0 Å². The molecule has 20 heavy (non-hydrogen) atoms. The summed E-state index contributed by atoms with van der Waals surface area (Å²) < 4.78 is 13.6. The second kappa shape index (κ2) is 5.07. The molecule has 1 aliphatic rings. The Morgan fingerprint density at radius 2 is 2.05 bits per heavy atom. The molecular formula is C15H17FN4. The Labute approximate surface area is 117 Å². The van der Waals surface area contributed by atoms with Gasteiger partial charge in [-0.15, -0.1) is 0 Å². The van der Waals surface area contributed by atoms with Crippen LogP contribution in [0.1, 0.15) is 35.7 Å². The molecule has 0 saturated heterocycles. The molecule has 5 heteroatoms. The van der Waals surface area contributed by atoms with Crippen LogP contribution in [0.2, 0.25) is 0 Å². The minimum Gasteiger partial charge on any atom is -0.383 e. The van der Waals surface area contributed by atoms with E-state index in [4.69, 9.17) is 5.73 Å². The summed E-state index contributed by atoms with van der Waals surface area (Å²) in [6, 6.07) is 6.70. The van der Waals surface area contributed by atoms with E-state index in [0.29, 0.717) is 29.7 Å². The van der Waals surface area contributed by atoms with Crippen molar-refractivity contribution in [2.24, 2.45) is 0 Å². The van der Waals surface area contributed by atoms with Crippen LogP contribution in [0.5, 0.6) is 0 Å². The zero-order valence-corrected chi connectivity index (χ0v) is 11.4. The first kappa shape index (κ1) is 12.8. The van der Waals surface area contributed by atoms with E-state index in [0.717, 1.165) is 24.2 Å². The Kier molecular flexibility index (Phi) is 3.26. The van der Waals surface area contributed by atoms with E-state index in [2.05, 4.69) is 15.3 Å². The third-order valence-corrected chi connectivity index (χ3v) is 3.55. The predicted molar refractivity (Wildman–Crippen MR) is 76.9 cm³/mol. The quantitative estimate of drug-likeness (QED) is 0.898. The molecule has 3 rings (SSSR count). The standard InChI is InChI=1S/C15H17FN4/c1-9-13(17)19-15(10-6-7-10)20-14(9)18-8-11-4-2-3-5-12(11)16/h2-5,10H,6-8H2,1H3,(H3,17,18,19,20). The first-order valence-electron chi connectivity index (χ1n) is 6.76. The van der Waals surface area contributed by atoms with Crippen molar-refractivity contribution in [2.45, 2.75) is 32.2 Å². The third-order valence-electron chi connectivity index (χ3n) is 3.55. The van der Waals surface area contributed by atoms with E-state index in [1.165, 1.54) is 6.07 Å². The Morgan fingerprint density at radius 3 is 2.75 bits per heavy atom. The van der Waals surface area contributed by atoms with Gasteiger partial charge in [0.05, 0.1) is 0 Å². The summed E-state index contributed by atoms with van der Waals surface area (Å²) >= 11 is 0. The molecule has 4 nitrogen and oxygen atoms in total. The molecule has 104 valence electrons. The fraction of sp³-hybridized carbons (Fsp3) is 0.333. The van der Waals surface area contributed by atoms with Crippen molar-refractivity contribution in [3.63, 3.8) is 0 Å². The number of aromatic nitrogens is 2. The summed E-state index contributed by atoms with van der Waals surface area (Å²) in [7, 11) is 0. The highest BCUT2D eigenvalue weighted by Gasteiger charge is 2.27. The van der Waals surface area contributed by atoms with E-state index < -0.39 is 0 Å². The molecule has 1 saturated carbocycles. The van der Waals surface area contributed by atoms with E-state index in [1.807, 2.05) is 13.0 Å². The molecule has 0 radical (unpaired) electrons. The maximum atomic E-state index is 13.6. The van der Waals surface area contributed by atoms with Crippen LogP contribution in [0.25, 0.3) is 0 Å². The third kappa shape index (κ3) is 2.57. The predicted octanol–water partition coefficient (Wildman–Crippen LogP) is 3.00. The lowest BCUT2D eigenvalue weighted by molar-refractivity contribution is 0.613. The molecule has 1 fully saturated rings. The lowest BCUT2D eigenvalue weighted by Crippen LogP contribution is -2.10. The molecule has 1 aliphatic carbocycles. The normalized spacial score (nSPS) is 14.3. The van der Waals surface area contributed by atoms with Crippen LogP contribution < -0.4 is 11.1 Å². The number of hydrogen-bond acceptors (Lipinski definition) is 4. The van der Waals surface area contributed by atoms with E-state index in [1.54, 1.807) is 12.1 Å². The van der Waals surface area contributed by atoms with Gasteiger partial charge in [-0.05, 0) is 25.8 Å². The first-order valence-corrected chi connectivity index (χ1v) is 6.76. The molecule has 1 aromatic heterocycles.